The van der Waals surface area contributed by atoms with Crippen molar-refractivity contribution in [1.29, 1.82) is 0 Å². The van der Waals surface area contributed by atoms with Crippen LogP contribution in [0.15, 0.2) is 115 Å². The van der Waals surface area contributed by atoms with Crippen LogP contribution in [0.5, 0.6) is 5.75 Å². The first-order chi connectivity index (χ1) is 23.8. The third kappa shape index (κ3) is 8.28. The number of ether oxygens (including phenoxy) is 1. The fourth-order valence-corrected chi connectivity index (χ4v) is 6.46. The average Bonchev–Trinajstić information content (AvgIpc) is 3.15. The number of likely N-dealkylation sites (N-methyl/N-ethyl adjacent to an activating group) is 1. The molecule has 0 fully saturated rings. The number of rotatable bonds is 9. The van der Waals surface area contributed by atoms with Crippen molar-refractivity contribution in [2.45, 2.75) is 39.0 Å². The van der Waals surface area contributed by atoms with Crippen molar-refractivity contribution >= 4 is 34.1 Å². The SMILES string of the molecule is C[C@H](CO)N1C[C@H](C)[C@@H](CN(C)Cc2ccc(-c3ccccc3)cc2)Oc2ccc(NC(=O)Nc3cccc4ccccc34)cc2CC1=O. The van der Waals surface area contributed by atoms with E-state index < -0.39 is 0 Å². The molecule has 6 rings (SSSR count). The van der Waals surface area contributed by atoms with E-state index in [4.69, 9.17) is 4.74 Å². The predicted octanol–water partition coefficient (Wildman–Crippen LogP) is 7.43. The summed E-state index contributed by atoms with van der Waals surface area (Å²) in [5, 5.41) is 17.9. The zero-order valence-electron chi connectivity index (χ0n) is 28.3. The number of hydrogen-bond acceptors (Lipinski definition) is 5. The minimum absolute atomic E-state index is 0.0175. The summed E-state index contributed by atoms with van der Waals surface area (Å²) < 4.78 is 6.72. The van der Waals surface area contributed by atoms with Crippen molar-refractivity contribution in [2.24, 2.45) is 5.92 Å². The summed E-state index contributed by atoms with van der Waals surface area (Å²) >= 11 is 0. The number of benzene rings is 5. The third-order valence-electron chi connectivity index (χ3n) is 9.22. The highest BCUT2D eigenvalue weighted by atomic mass is 16.5. The quantitative estimate of drug-likeness (QED) is 0.153. The van der Waals surface area contributed by atoms with E-state index in [2.05, 4.69) is 65.9 Å². The number of carbonyl (C=O) groups excluding carboxylic acids is 2. The number of anilines is 2. The zero-order valence-corrected chi connectivity index (χ0v) is 28.3. The number of nitrogens with zero attached hydrogens (tertiary/aromatic N) is 2. The number of urea groups is 1. The van der Waals surface area contributed by atoms with Gasteiger partial charge in [0.25, 0.3) is 0 Å². The summed E-state index contributed by atoms with van der Waals surface area (Å²) in [5.74, 6) is 0.503. The van der Waals surface area contributed by atoms with Gasteiger partial charge in [0.2, 0.25) is 5.91 Å². The lowest BCUT2D eigenvalue weighted by atomic mass is 10.0. The molecule has 1 aliphatic rings. The Morgan fingerprint density at radius 1 is 0.918 bits per heavy atom. The number of amides is 3. The van der Waals surface area contributed by atoms with Crippen molar-refractivity contribution in [3.63, 3.8) is 0 Å². The van der Waals surface area contributed by atoms with Crippen LogP contribution in [0.1, 0.15) is 25.0 Å². The maximum Gasteiger partial charge on any atom is 0.323 e. The summed E-state index contributed by atoms with van der Waals surface area (Å²) in [5.41, 5.74) is 5.50. The van der Waals surface area contributed by atoms with Crippen LogP contribution in [-0.2, 0) is 17.8 Å². The van der Waals surface area contributed by atoms with Crippen LogP contribution in [0.2, 0.25) is 0 Å². The van der Waals surface area contributed by atoms with Gasteiger partial charge in [-0.1, -0.05) is 97.9 Å². The van der Waals surface area contributed by atoms with E-state index in [1.54, 1.807) is 11.0 Å². The lowest BCUT2D eigenvalue weighted by Gasteiger charge is -2.34. The van der Waals surface area contributed by atoms with E-state index in [-0.39, 0.29) is 43.0 Å². The molecule has 1 aliphatic heterocycles. The molecule has 252 valence electrons. The molecule has 3 atom stereocenters. The standard InChI is InChI=1S/C41H44N4O4/c1-28-24-45(29(2)27-46)40(47)23-34-22-35(42-41(48)43-37-15-9-13-33-12-7-8-14-36(33)37)20-21-38(34)49-39(28)26-44(3)25-30-16-18-32(19-17-30)31-10-5-4-6-11-31/h4-22,28-29,39,46H,23-27H2,1-3H3,(H2,42,43,48)/t28-,29+,39+/m0/s1. The van der Waals surface area contributed by atoms with Crippen LogP contribution < -0.4 is 15.4 Å². The average molecular weight is 657 g/mol. The molecule has 0 saturated carbocycles. The monoisotopic (exact) mass is 656 g/mol. The first kappa shape index (κ1) is 33.7. The Morgan fingerprint density at radius 3 is 2.41 bits per heavy atom. The predicted molar refractivity (Wildman–Crippen MR) is 197 cm³/mol. The molecule has 0 aromatic heterocycles. The summed E-state index contributed by atoms with van der Waals surface area (Å²) in [6.07, 6.45) is -0.150. The second-order valence-corrected chi connectivity index (χ2v) is 13.1. The molecule has 8 heteroatoms. The van der Waals surface area contributed by atoms with Gasteiger partial charge in [0, 0.05) is 42.2 Å². The molecule has 3 amide bonds. The summed E-state index contributed by atoms with van der Waals surface area (Å²) in [6, 6.07) is 37.4. The summed E-state index contributed by atoms with van der Waals surface area (Å²) in [4.78, 5) is 30.8. The molecule has 0 saturated heterocycles. The Labute approximate surface area is 288 Å². The smallest absolute Gasteiger partial charge is 0.323 e. The van der Waals surface area contributed by atoms with E-state index in [1.165, 1.54) is 16.7 Å². The molecule has 49 heavy (non-hydrogen) atoms. The van der Waals surface area contributed by atoms with Crippen molar-refractivity contribution in [2.75, 3.05) is 37.4 Å². The molecular weight excluding hydrogens is 612 g/mol. The lowest BCUT2D eigenvalue weighted by Crippen LogP contribution is -2.47. The minimum atomic E-state index is -0.382. The van der Waals surface area contributed by atoms with Gasteiger partial charge in [0.05, 0.1) is 24.8 Å². The maximum absolute atomic E-state index is 13.7. The second kappa shape index (κ2) is 15.4. The topological polar surface area (TPSA) is 94.1 Å². The van der Waals surface area contributed by atoms with Gasteiger partial charge in [-0.2, -0.15) is 0 Å². The first-order valence-electron chi connectivity index (χ1n) is 16.9. The molecule has 0 unspecified atom stereocenters. The molecule has 5 aromatic rings. The van der Waals surface area contributed by atoms with E-state index >= 15 is 0 Å². The van der Waals surface area contributed by atoms with Gasteiger partial charge in [0.1, 0.15) is 11.9 Å². The number of aliphatic hydroxyl groups excluding tert-OH is 1. The van der Waals surface area contributed by atoms with Gasteiger partial charge >= 0.3 is 6.03 Å². The third-order valence-corrected chi connectivity index (χ3v) is 9.22. The van der Waals surface area contributed by atoms with Gasteiger partial charge in [-0.05, 0) is 60.3 Å². The molecule has 1 heterocycles. The fraction of sp³-hybridized carbons (Fsp3) is 0.268. The highest BCUT2D eigenvalue weighted by molar-refractivity contribution is 6.06. The van der Waals surface area contributed by atoms with Crippen molar-refractivity contribution in [3.05, 3.63) is 126 Å². The van der Waals surface area contributed by atoms with Crippen LogP contribution in [0.4, 0.5) is 16.2 Å². The van der Waals surface area contributed by atoms with Crippen molar-refractivity contribution < 1.29 is 19.4 Å². The largest absolute Gasteiger partial charge is 0.488 e. The molecular formula is C41H44N4O4. The zero-order chi connectivity index (χ0) is 34.3. The van der Waals surface area contributed by atoms with Gasteiger partial charge < -0.3 is 25.4 Å². The Morgan fingerprint density at radius 2 is 1.63 bits per heavy atom. The molecule has 0 bridgehead atoms. The van der Waals surface area contributed by atoms with Gasteiger partial charge in [-0.15, -0.1) is 0 Å². The molecule has 0 radical (unpaired) electrons. The maximum atomic E-state index is 13.7. The molecule has 0 aliphatic carbocycles. The van der Waals surface area contributed by atoms with E-state index in [1.807, 2.05) is 79.7 Å². The summed E-state index contributed by atoms with van der Waals surface area (Å²) in [6.45, 7) is 5.64. The van der Waals surface area contributed by atoms with Crippen LogP contribution in [0.3, 0.4) is 0 Å². The number of fused-ring (bicyclic) bond motifs is 2. The normalized spacial score (nSPS) is 17.0. The van der Waals surface area contributed by atoms with Gasteiger partial charge in [-0.25, -0.2) is 4.79 Å². The summed E-state index contributed by atoms with van der Waals surface area (Å²) in [7, 11) is 2.08. The molecule has 3 N–H and O–H groups in total. The first-order valence-corrected chi connectivity index (χ1v) is 16.9. The fourth-order valence-electron chi connectivity index (χ4n) is 6.46. The number of carbonyl (C=O) groups is 2. The number of hydrogen-bond donors (Lipinski definition) is 3. The van der Waals surface area contributed by atoms with Crippen molar-refractivity contribution in [1.82, 2.24) is 9.80 Å². The molecule has 0 spiro atoms. The Balaban J connectivity index is 1.19. The van der Waals surface area contributed by atoms with Crippen LogP contribution >= 0.6 is 0 Å². The van der Waals surface area contributed by atoms with Crippen LogP contribution in [0.25, 0.3) is 21.9 Å². The minimum Gasteiger partial charge on any atom is -0.488 e. The Hall–Kier alpha value is -5.18. The van der Waals surface area contributed by atoms with Crippen LogP contribution in [0, 0.1) is 5.92 Å². The number of aliphatic hydroxyl groups is 1. The van der Waals surface area contributed by atoms with Crippen molar-refractivity contribution in [3.8, 4) is 16.9 Å². The van der Waals surface area contributed by atoms with E-state index in [0.717, 1.165) is 17.3 Å². The second-order valence-electron chi connectivity index (χ2n) is 13.1. The van der Waals surface area contributed by atoms with Gasteiger partial charge in [0.15, 0.2) is 0 Å². The Kier molecular flexibility index (Phi) is 10.6. The molecule has 8 nitrogen and oxygen atoms in total. The van der Waals surface area contributed by atoms with E-state index in [0.29, 0.717) is 35.8 Å². The number of nitrogens with one attached hydrogen (secondary N) is 2. The van der Waals surface area contributed by atoms with Gasteiger partial charge in [-0.3, -0.25) is 9.69 Å². The Bertz CT molecular complexity index is 1890. The molecule has 5 aromatic carbocycles. The highest BCUT2D eigenvalue weighted by Gasteiger charge is 2.31. The highest BCUT2D eigenvalue weighted by Crippen LogP contribution is 2.30. The van der Waals surface area contributed by atoms with E-state index in [9.17, 15) is 14.7 Å². The van der Waals surface area contributed by atoms with Crippen LogP contribution in [-0.4, -0.2) is 65.7 Å². The lowest BCUT2D eigenvalue weighted by molar-refractivity contribution is -0.134.